The molecule has 2 aromatic heterocycles. The number of carbonyl (C=O) groups is 1. The molecule has 1 saturated heterocycles. The third-order valence-electron chi connectivity index (χ3n) is 6.42. The summed E-state index contributed by atoms with van der Waals surface area (Å²) in [6, 6.07) is 8.46. The van der Waals surface area contributed by atoms with Crippen molar-refractivity contribution in [3.05, 3.63) is 40.2 Å². The predicted octanol–water partition coefficient (Wildman–Crippen LogP) is 3.58. The Morgan fingerprint density at radius 3 is 2.41 bits per heavy atom. The molecule has 3 heterocycles. The Morgan fingerprint density at radius 1 is 1.04 bits per heavy atom. The lowest BCUT2D eigenvalue weighted by Gasteiger charge is -2.39. The van der Waals surface area contributed by atoms with Gasteiger partial charge in [-0.15, -0.1) is 16.4 Å². The van der Waals surface area contributed by atoms with Gasteiger partial charge in [0.05, 0.1) is 11.1 Å². The number of amides is 1. The van der Waals surface area contributed by atoms with Crippen molar-refractivity contribution in [2.24, 2.45) is 0 Å². The fourth-order valence-corrected chi connectivity index (χ4v) is 5.62. The monoisotopic (exact) mass is 382 g/mol. The van der Waals surface area contributed by atoms with Crippen LogP contribution in [0.1, 0.15) is 55.0 Å². The molecule has 0 unspecified atom stereocenters. The highest BCUT2D eigenvalue weighted by Crippen LogP contribution is 2.44. The normalized spacial score (nSPS) is 22.2. The number of piperazine rings is 1. The highest BCUT2D eigenvalue weighted by Gasteiger charge is 2.46. The lowest BCUT2D eigenvalue weighted by atomic mass is 9.82. The number of nitrogens with zero attached hydrogens (tertiary/aromatic N) is 4. The van der Waals surface area contributed by atoms with Gasteiger partial charge in [0.1, 0.15) is 0 Å². The number of anilines is 1. The number of carbonyl (C=O) groups excluding carboxylic acids is 1. The molecule has 5 nitrogen and oxygen atoms in total. The van der Waals surface area contributed by atoms with Crippen LogP contribution in [0, 0.1) is 0 Å². The molecule has 6 heteroatoms. The fourth-order valence-electron chi connectivity index (χ4n) is 4.64. The van der Waals surface area contributed by atoms with Gasteiger partial charge in [0.25, 0.3) is 0 Å². The summed E-state index contributed by atoms with van der Waals surface area (Å²) in [7, 11) is 0. The summed E-state index contributed by atoms with van der Waals surface area (Å²) in [5, 5.41) is 10.9. The maximum absolute atomic E-state index is 13.5. The molecule has 2 aliphatic carbocycles. The van der Waals surface area contributed by atoms with Crippen molar-refractivity contribution >= 4 is 23.1 Å². The molecule has 0 radical (unpaired) electrons. The van der Waals surface area contributed by atoms with Crippen molar-refractivity contribution in [1.82, 2.24) is 15.1 Å². The van der Waals surface area contributed by atoms with E-state index in [1.807, 2.05) is 0 Å². The molecule has 0 atom stereocenters. The minimum Gasteiger partial charge on any atom is -0.352 e. The SMILES string of the molecule is O=C(N1CCN(c2ccc(C3CC3)nn2)CC1)C1(c2cccs2)CCCC1. The van der Waals surface area contributed by atoms with Gasteiger partial charge in [0.2, 0.25) is 5.91 Å². The zero-order valence-electron chi connectivity index (χ0n) is 15.6. The highest BCUT2D eigenvalue weighted by atomic mass is 32.1. The van der Waals surface area contributed by atoms with E-state index >= 15 is 0 Å². The molecule has 1 amide bonds. The second kappa shape index (κ2) is 6.89. The van der Waals surface area contributed by atoms with Crippen molar-refractivity contribution in [3.8, 4) is 0 Å². The summed E-state index contributed by atoms with van der Waals surface area (Å²) >= 11 is 1.74. The number of rotatable bonds is 4. The van der Waals surface area contributed by atoms with Crippen LogP contribution < -0.4 is 4.90 Å². The molecule has 27 heavy (non-hydrogen) atoms. The molecule has 1 aliphatic heterocycles. The molecule has 5 rings (SSSR count). The molecule has 3 fully saturated rings. The number of hydrogen-bond acceptors (Lipinski definition) is 5. The Labute approximate surface area is 164 Å². The minimum atomic E-state index is -0.262. The number of hydrogen-bond donors (Lipinski definition) is 0. The number of thiophene rings is 1. The molecule has 0 bridgehead atoms. The van der Waals surface area contributed by atoms with E-state index < -0.39 is 0 Å². The van der Waals surface area contributed by atoms with Gasteiger partial charge < -0.3 is 9.80 Å². The molecule has 2 aromatic rings. The smallest absolute Gasteiger partial charge is 0.234 e. The van der Waals surface area contributed by atoms with E-state index in [-0.39, 0.29) is 5.41 Å². The lowest BCUT2D eigenvalue weighted by Crippen LogP contribution is -2.54. The van der Waals surface area contributed by atoms with E-state index in [4.69, 9.17) is 0 Å². The second-order valence-electron chi connectivity index (χ2n) is 8.14. The summed E-state index contributed by atoms with van der Waals surface area (Å²) in [5.74, 6) is 1.93. The van der Waals surface area contributed by atoms with Crippen molar-refractivity contribution in [2.45, 2.75) is 49.9 Å². The standard InChI is InChI=1S/C21H26N4OS/c26-20(21(9-1-2-10-21)18-4-3-15-27-18)25-13-11-24(12-14-25)19-8-7-17(22-23-19)16-5-6-16/h3-4,7-8,15-16H,1-2,5-6,9-14H2. The summed E-state index contributed by atoms with van der Waals surface area (Å²) in [5.41, 5.74) is 0.869. The van der Waals surface area contributed by atoms with Crippen molar-refractivity contribution < 1.29 is 4.79 Å². The average molecular weight is 383 g/mol. The lowest BCUT2D eigenvalue weighted by molar-refractivity contribution is -0.137. The summed E-state index contributed by atoms with van der Waals surface area (Å²) < 4.78 is 0. The van der Waals surface area contributed by atoms with Crippen LogP contribution in [0.5, 0.6) is 0 Å². The van der Waals surface area contributed by atoms with E-state index in [1.165, 1.54) is 17.7 Å². The van der Waals surface area contributed by atoms with Crippen LogP contribution in [0.25, 0.3) is 0 Å². The molecule has 2 saturated carbocycles. The van der Waals surface area contributed by atoms with Gasteiger partial charge in [-0.3, -0.25) is 4.79 Å². The fraction of sp³-hybridized carbons (Fsp3) is 0.571. The maximum Gasteiger partial charge on any atom is 0.234 e. The largest absolute Gasteiger partial charge is 0.352 e. The number of aromatic nitrogens is 2. The summed E-state index contributed by atoms with van der Waals surface area (Å²) in [6.07, 6.45) is 6.82. The van der Waals surface area contributed by atoms with E-state index in [0.29, 0.717) is 11.8 Å². The zero-order chi connectivity index (χ0) is 18.3. The van der Waals surface area contributed by atoms with E-state index in [1.54, 1.807) is 11.3 Å². The van der Waals surface area contributed by atoms with Crippen molar-refractivity contribution in [1.29, 1.82) is 0 Å². The quantitative estimate of drug-likeness (QED) is 0.811. The van der Waals surface area contributed by atoms with Crippen LogP contribution in [0.4, 0.5) is 5.82 Å². The summed E-state index contributed by atoms with van der Waals surface area (Å²) in [6.45, 7) is 3.23. The first kappa shape index (κ1) is 17.2. The Hall–Kier alpha value is -1.95. The van der Waals surface area contributed by atoms with Gasteiger partial charge in [-0.05, 0) is 49.3 Å². The van der Waals surface area contributed by atoms with Crippen LogP contribution in [0.15, 0.2) is 29.6 Å². The minimum absolute atomic E-state index is 0.262. The molecule has 3 aliphatic rings. The first-order valence-electron chi connectivity index (χ1n) is 10.2. The predicted molar refractivity (Wildman–Crippen MR) is 107 cm³/mol. The first-order valence-corrected chi connectivity index (χ1v) is 11.1. The van der Waals surface area contributed by atoms with E-state index in [9.17, 15) is 4.79 Å². The van der Waals surface area contributed by atoms with Gasteiger partial charge in [0.15, 0.2) is 5.82 Å². The van der Waals surface area contributed by atoms with Gasteiger partial charge in [-0.2, -0.15) is 5.10 Å². The molecule has 0 spiro atoms. The molecule has 142 valence electrons. The van der Waals surface area contributed by atoms with Crippen LogP contribution in [-0.2, 0) is 10.2 Å². The molecular formula is C21H26N4OS. The molecule has 0 aromatic carbocycles. The Balaban J connectivity index is 1.26. The van der Waals surface area contributed by atoms with Crippen LogP contribution >= 0.6 is 11.3 Å². The van der Waals surface area contributed by atoms with E-state index in [0.717, 1.165) is 63.4 Å². The third-order valence-corrected chi connectivity index (χ3v) is 7.49. The average Bonchev–Trinajstić information content (AvgIpc) is 3.20. The second-order valence-corrected chi connectivity index (χ2v) is 9.08. The van der Waals surface area contributed by atoms with Crippen molar-refractivity contribution in [3.63, 3.8) is 0 Å². The molecular weight excluding hydrogens is 356 g/mol. The topological polar surface area (TPSA) is 49.3 Å². The maximum atomic E-state index is 13.5. The molecule has 0 N–H and O–H groups in total. The van der Waals surface area contributed by atoms with Crippen LogP contribution in [0.3, 0.4) is 0 Å². The van der Waals surface area contributed by atoms with Gasteiger partial charge >= 0.3 is 0 Å². The Morgan fingerprint density at radius 2 is 1.81 bits per heavy atom. The zero-order valence-corrected chi connectivity index (χ0v) is 16.5. The highest BCUT2D eigenvalue weighted by molar-refractivity contribution is 7.10. The Kier molecular flexibility index (Phi) is 4.38. The first-order chi connectivity index (χ1) is 13.3. The van der Waals surface area contributed by atoms with E-state index in [2.05, 4.69) is 49.6 Å². The summed E-state index contributed by atoms with van der Waals surface area (Å²) in [4.78, 5) is 19.1. The van der Waals surface area contributed by atoms with Gasteiger partial charge in [-0.1, -0.05) is 18.9 Å². The van der Waals surface area contributed by atoms with Gasteiger partial charge in [-0.25, -0.2) is 0 Å². The van der Waals surface area contributed by atoms with Crippen LogP contribution in [0.2, 0.25) is 0 Å². The Bertz CT molecular complexity index is 786. The van der Waals surface area contributed by atoms with Crippen molar-refractivity contribution in [2.75, 3.05) is 31.1 Å². The van der Waals surface area contributed by atoms with Crippen LogP contribution in [-0.4, -0.2) is 47.2 Å². The third kappa shape index (κ3) is 3.14. The van der Waals surface area contributed by atoms with Gasteiger partial charge in [0, 0.05) is 37.0 Å².